The minimum absolute atomic E-state index is 0.000877. The van der Waals surface area contributed by atoms with Crippen LogP contribution in [0.15, 0.2) is 76.4 Å². The van der Waals surface area contributed by atoms with Gasteiger partial charge in [-0.2, -0.15) is 0 Å². The molecule has 0 aromatic heterocycles. The summed E-state index contributed by atoms with van der Waals surface area (Å²) < 4.78 is 22.8. The number of methoxy groups -OCH3 is 1. The third kappa shape index (κ3) is 13.3. The van der Waals surface area contributed by atoms with Gasteiger partial charge in [-0.3, -0.25) is 19.2 Å². The molecule has 3 aliphatic rings. The molecule has 0 spiro atoms. The lowest BCUT2D eigenvalue weighted by Gasteiger charge is -2.42. The molecule has 1 fully saturated rings. The summed E-state index contributed by atoms with van der Waals surface area (Å²) in [6, 6.07) is 3.62. The number of ether oxygens (including phenoxy) is 4. The summed E-state index contributed by atoms with van der Waals surface area (Å²) in [4.78, 5) is 54.7. The Bertz CT molecular complexity index is 2320. The van der Waals surface area contributed by atoms with Crippen LogP contribution >= 0.6 is 0 Å². The van der Waals surface area contributed by atoms with Crippen LogP contribution in [-0.4, -0.2) is 87.6 Å². The molecule has 364 valence electrons. The van der Waals surface area contributed by atoms with E-state index in [1.54, 1.807) is 6.92 Å². The van der Waals surface area contributed by atoms with Crippen LogP contribution in [0.25, 0.3) is 0 Å². The Morgan fingerprint density at radius 3 is 1.94 bits per heavy atom. The monoisotopic (exact) mass is 925 g/mol. The van der Waals surface area contributed by atoms with Crippen molar-refractivity contribution in [1.29, 1.82) is 0 Å². The lowest BCUT2D eigenvalue weighted by atomic mass is 9.72. The Labute approximate surface area is 395 Å². The van der Waals surface area contributed by atoms with Crippen molar-refractivity contribution in [2.24, 2.45) is 5.73 Å². The standard InChI is InChI=1S/C54H71NO12/c1-31(2)15-11-18-34(5)21-12-19-32(3)16-9-10-17-33(4)20-13-22-35(6)25-26-43(57)65-30-42(56)54(63)28-38-46(41(29-54)67-44-27-39(55)49(58)36(7)66-44)53(62)48-47(51(38)60)50(59)37-23-14-24-40(64-8)45(37)52(48)61/h14-17,21-24,36,39,41,44,49,58,60,62-63H,9-13,18-20,25-30,55H2,1-8H3. The highest BCUT2D eigenvalue weighted by Crippen LogP contribution is 2.52. The van der Waals surface area contributed by atoms with Gasteiger partial charge in [0, 0.05) is 48.4 Å². The highest BCUT2D eigenvalue weighted by Gasteiger charge is 2.50. The Morgan fingerprint density at radius 2 is 1.36 bits per heavy atom. The van der Waals surface area contributed by atoms with E-state index in [0.717, 1.165) is 56.9 Å². The molecule has 67 heavy (non-hydrogen) atoms. The normalized spacial score (nSPS) is 23.3. The zero-order valence-corrected chi connectivity index (χ0v) is 40.5. The van der Waals surface area contributed by atoms with Gasteiger partial charge >= 0.3 is 5.97 Å². The number of esters is 1. The first-order valence-corrected chi connectivity index (χ1v) is 23.5. The minimum Gasteiger partial charge on any atom is -0.507 e. The van der Waals surface area contributed by atoms with E-state index in [2.05, 4.69) is 65.0 Å². The smallest absolute Gasteiger partial charge is 0.306 e. The van der Waals surface area contributed by atoms with E-state index in [1.807, 2.05) is 6.92 Å². The summed E-state index contributed by atoms with van der Waals surface area (Å²) in [7, 11) is 1.33. The number of carbonyl (C=O) groups excluding carboxylic acids is 4. The molecule has 13 heteroatoms. The SMILES string of the molecule is COc1cccc2c1C(=O)c1c(O)c3c(c(O)c1C2=O)CC(O)(C(=O)COC(=O)CCC(C)=CCCC(C)=CCCC=C(C)CCC=C(C)CCC=C(C)C)CC3OC1CC(N)C(O)C(C)O1. The van der Waals surface area contributed by atoms with Crippen molar-refractivity contribution in [3.8, 4) is 17.2 Å². The number of nitrogens with two attached hydrogens (primary N) is 1. The maximum atomic E-state index is 14.0. The van der Waals surface area contributed by atoms with Crippen LogP contribution in [0.5, 0.6) is 17.2 Å². The number of phenols is 2. The van der Waals surface area contributed by atoms with Crippen LogP contribution in [0.2, 0.25) is 0 Å². The molecule has 0 saturated carbocycles. The molecular formula is C54H71NO12. The predicted molar refractivity (Wildman–Crippen MR) is 256 cm³/mol. The van der Waals surface area contributed by atoms with E-state index in [0.29, 0.717) is 6.42 Å². The average molecular weight is 926 g/mol. The first-order chi connectivity index (χ1) is 31.8. The molecule has 1 saturated heterocycles. The van der Waals surface area contributed by atoms with Crippen molar-refractivity contribution in [1.82, 2.24) is 0 Å². The van der Waals surface area contributed by atoms with Gasteiger partial charge in [-0.1, -0.05) is 70.4 Å². The van der Waals surface area contributed by atoms with Crippen LogP contribution in [0, 0.1) is 0 Å². The molecule has 1 aliphatic heterocycles. The van der Waals surface area contributed by atoms with Gasteiger partial charge in [0.15, 0.2) is 18.7 Å². The molecule has 2 aromatic rings. The summed E-state index contributed by atoms with van der Waals surface area (Å²) in [5, 5.41) is 46.1. The number of rotatable bonds is 21. The van der Waals surface area contributed by atoms with Crippen LogP contribution < -0.4 is 10.5 Å². The molecule has 5 rings (SSSR count). The molecule has 0 radical (unpaired) electrons. The summed E-state index contributed by atoms with van der Waals surface area (Å²) in [5.74, 6) is -4.44. The first kappa shape index (κ1) is 52.8. The number of unbranched alkanes of at least 4 members (excludes halogenated alkanes) is 1. The lowest BCUT2D eigenvalue weighted by molar-refractivity contribution is -0.247. The summed E-state index contributed by atoms with van der Waals surface area (Å²) in [6.07, 6.45) is 14.4. The number of carbonyl (C=O) groups is 4. The number of hydrogen-bond donors (Lipinski definition) is 5. The van der Waals surface area contributed by atoms with Crippen molar-refractivity contribution in [2.45, 2.75) is 168 Å². The van der Waals surface area contributed by atoms with E-state index in [4.69, 9.17) is 24.7 Å². The summed E-state index contributed by atoms with van der Waals surface area (Å²) >= 11 is 0. The topological polar surface area (TPSA) is 212 Å². The number of aromatic hydroxyl groups is 2. The second kappa shape index (κ2) is 23.7. The molecule has 6 unspecified atom stereocenters. The van der Waals surface area contributed by atoms with E-state index in [-0.39, 0.29) is 40.8 Å². The van der Waals surface area contributed by atoms with Crippen molar-refractivity contribution in [3.05, 3.63) is 110 Å². The Morgan fingerprint density at radius 1 is 0.791 bits per heavy atom. The molecule has 0 bridgehead atoms. The highest BCUT2D eigenvalue weighted by atomic mass is 16.7. The second-order valence-corrected chi connectivity index (χ2v) is 18.8. The number of ketones is 3. The third-order valence-electron chi connectivity index (χ3n) is 13.1. The van der Waals surface area contributed by atoms with Gasteiger partial charge < -0.3 is 45.1 Å². The molecule has 6 atom stereocenters. The zero-order chi connectivity index (χ0) is 49.2. The van der Waals surface area contributed by atoms with Crippen molar-refractivity contribution < 1.29 is 58.6 Å². The van der Waals surface area contributed by atoms with Crippen LogP contribution in [0.3, 0.4) is 0 Å². The molecule has 1 heterocycles. The largest absolute Gasteiger partial charge is 0.507 e. The van der Waals surface area contributed by atoms with Crippen LogP contribution in [-0.2, 0) is 30.2 Å². The molecule has 13 nitrogen and oxygen atoms in total. The number of phenolic OH excluding ortho intramolecular Hbond substituents is 2. The number of Topliss-reactive ketones (excluding diaryl/α,β-unsaturated/α-hetero) is 1. The molecule has 2 aliphatic carbocycles. The van der Waals surface area contributed by atoms with Gasteiger partial charge in [0.2, 0.25) is 11.6 Å². The van der Waals surface area contributed by atoms with Gasteiger partial charge in [0.1, 0.15) is 22.8 Å². The average Bonchev–Trinajstić information content (AvgIpc) is 3.27. The van der Waals surface area contributed by atoms with Gasteiger partial charge in [-0.25, -0.2) is 0 Å². The Hall–Kier alpha value is -5.18. The number of allylic oxidation sites excluding steroid dienone is 10. The van der Waals surface area contributed by atoms with Gasteiger partial charge in [0.25, 0.3) is 0 Å². The zero-order valence-electron chi connectivity index (χ0n) is 40.5. The number of benzene rings is 2. The molecular weight excluding hydrogens is 855 g/mol. The third-order valence-corrected chi connectivity index (χ3v) is 13.1. The summed E-state index contributed by atoms with van der Waals surface area (Å²) in [5.41, 5.74) is 8.86. The highest BCUT2D eigenvalue weighted by molar-refractivity contribution is 6.31. The van der Waals surface area contributed by atoms with E-state index in [1.165, 1.54) is 47.6 Å². The predicted octanol–water partition coefficient (Wildman–Crippen LogP) is 9.20. The summed E-state index contributed by atoms with van der Waals surface area (Å²) in [6.45, 7) is 13.5. The maximum Gasteiger partial charge on any atom is 0.306 e. The fourth-order valence-electron chi connectivity index (χ4n) is 9.00. The quantitative estimate of drug-likeness (QED) is 0.0292. The number of aliphatic hydroxyl groups is 2. The fourth-order valence-corrected chi connectivity index (χ4v) is 9.00. The Balaban J connectivity index is 1.18. The van der Waals surface area contributed by atoms with E-state index >= 15 is 0 Å². The van der Waals surface area contributed by atoms with Crippen molar-refractivity contribution >= 4 is 23.3 Å². The minimum atomic E-state index is -2.33. The number of aliphatic hydroxyl groups excluding tert-OH is 1. The van der Waals surface area contributed by atoms with Crippen LogP contribution in [0.1, 0.15) is 175 Å². The number of fused-ring (bicyclic) bond motifs is 3. The Kier molecular flexibility index (Phi) is 18.7. The van der Waals surface area contributed by atoms with Crippen molar-refractivity contribution in [3.63, 3.8) is 0 Å². The molecule has 2 aromatic carbocycles. The fraction of sp³-hybridized carbons (Fsp3) is 0.519. The van der Waals surface area contributed by atoms with Gasteiger partial charge in [-0.05, 0) is 112 Å². The van der Waals surface area contributed by atoms with Gasteiger partial charge in [0.05, 0.1) is 42.1 Å². The maximum absolute atomic E-state index is 14.0. The van der Waals surface area contributed by atoms with E-state index in [9.17, 15) is 39.6 Å². The van der Waals surface area contributed by atoms with Gasteiger partial charge in [-0.15, -0.1) is 0 Å². The molecule has 0 amide bonds. The lowest BCUT2D eigenvalue weighted by Crippen LogP contribution is -2.53. The van der Waals surface area contributed by atoms with E-state index < -0.39 is 102 Å². The van der Waals surface area contributed by atoms with Crippen LogP contribution in [0.4, 0.5) is 0 Å². The van der Waals surface area contributed by atoms with Crippen molar-refractivity contribution in [2.75, 3.05) is 13.7 Å². The first-order valence-electron chi connectivity index (χ1n) is 23.5. The second-order valence-electron chi connectivity index (χ2n) is 18.8. The molecule has 6 N–H and O–H groups in total. The number of hydrogen-bond acceptors (Lipinski definition) is 13.